The average Bonchev–Trinajstić information content (AvgIpc) is 2.57. The minimum Gasteiger partial charge on any atom is -0.465 e. The average molecular weight is 213 g/mol. The molecule has 0 aliphatic heterocycles. The van der Waals surface area contributed by atoms with Gasteiger partial charge in [0.1, 0.15) is 0 Å². The molecular weight excluding hydrogens is 202 g/mol. The molecule has 76 valence electrons. The molecule has 2 N–H and O–H groups in total. The van der Waals surface area contributed by atoms with Crippen LogP contribution in [-0.4, -0.2) is 18.5 Å². The molecule has 0 aliphatic carbocycles. The summed E-state index contributed by atoms with van der Waals surface area (Å²) >= 11 is 1.41. The summed E-state index contributed by atoms with van der Waals surface area (Å²) in [5.41, 5.74) is 5.72. The van der Waals surface area contributed by atoms with Crippen LogP contribution in [0, 0.1) is 0 Å². The van der Waals surface area contributed by atoms with Gasteiger partial charge in [0.2, 0.25) is 5.91 Å². The summed E-state index contributed by atoms with van der Waals surface area (Å²) in [6, 6.07) is 1.69. The van der Waals surface area contributed by atoms with Gasteiger partial charge in [-0.2, -0.15) is 11.3 Å². The molecule has 0 saturated heterocycles. The minimum absolute atomic E-state index is 0.243. The van der Waals surface area contributed by atoms with Crippen LogP contribution in [0.2, 0.25) is 0 Å². The van der Waals surface area contributed by atoms with Gasteiger partial charge in [0, 0.05) is 0 Å². The van der Waals surface area contributed by atoms with E-state index in [1.807, 2.05) is 0 Å². The molecule has 0 radical (unpaired) electrons. The van der Waals surface area contributed by atoms with Gasteiger partial charge >= 0.3 is 5.97 Å². The smallest absolute Gasteiger partial charge is 0.323 e. The molecule has 1 unspecified atom stereocenters. The van der Waals surface area contributed by atoms with Crippen LogP contribution in [0.15, 0.2) is 16.8 Å². The Morgan fingerprint density at radius 1 is 1.64 bits per heavy atom. The van der Waals surface area contributed by atoms with Crippen LogP contribution in [-0.2, 0) is 14.3 Å². The van der Waals surface area contributed by atoms with Crippen molar-refractivity contribution in [3.8, 4) is 0 Å². The van der Waals surface area contributed by atoms with Gasteiger partial charge in [0.25, 0.3) is 0 Å². The van der Waals surface area contributed by atoms with Gasteiger partial charge in [-0.25, -0.2) is 0 Å². The number of ether oxygens (including phenoxy) is 1. The lowest BCUT2D eigenvalue weighted by atomic mass is 10.0. The van der Waals surface area contributed by atoms with Crippen molar-refractivity contribution in [2.45, 2.75) is 12.8 Å². The first-order valence-corrected chi connectivity index (χ1v) is 5.09. The molecule has 14 heavy (non-hydrogen) atoms. The van der Waals surface area contributed by atoms with Crippen molar-refractivity contribution in [3.05, 3.63) is 22.4 Å². The number of amides is 1. The first-order chi connectivity index (χ1) is 6.66. The lowest BCUT2D eigenvalue weighted by Gasteiger charge is -2.09. The van der Waals surface area contributed by atoms with E-state index in [0.29, 0.717) is 5.56 Å². The quantitative estimate of drug-likeness (QED) is 0.596. The van der Waals surface area contributed by atoms with E-state index in [9.17, 15) is 9.59 Å². The molecule has 0 fully saturated rings. The van der Waals surface area contributed by atoms with Gasteiger partial charge in [-0.15, -0.1) is 0 Å². The predicted octanol–water partition coefficient (Wildman–Crippen LogP) is 0.880. The van der Waals surface area contributed by atoms with Gasteiger partial charge < -0.3 is 10.5 Å². The van der Waals surface area contributed by atoms with E-state index in [2.05, 4.69) is 0 Å². The predicted molar refractivity (Wildman–Crippen MR) is 52.9 cm³/mol. The molecule has 1 aromatic heterocycles. The van der Waals surface area contributed by atoms with Crippen molar-refractivity contribution >= 4 is 23.2 Å². The fourth-order valence-corrected chi connectivity index (χ4v) is 1.77. The second-order valence-electron chi connectivity index (χ2n) is 2.64. The first kappa shape index (κ1) is 10.7. The number of carbonyl (C=O) groups is 2. The molecule has 1 atom stereocenters. The van der Waals surface area contributed by atoms with Crippen LogP contribution >= 0.6 is 11.3 Å². The molecular formula is C9H11NO3S. The van der Waals surface area contributed by atoms with Crippen molar-refractivity contribution in [3.63, 3.8) is 0 Å². The van der Waals surface area contributed by atoms with E-state index in [-0.39, 0.29) is 6.61 Å². The van der Waals surface area contributed by atoms with E-state index in [1.54, 1.807) is 23.8 Å². The molecule has 1 aromatic rings. The molecule has 1 amide bonds. The maximum absolute atomic E-state index is 11.4. The summed E-state index contributed by atoms with van der Waals surface area (Å²) in [7, 11) is 0. The van der Waals surface area contributed by atoms with Gasteiger partial charge in [-0.3, -0.25) is 9.59 Å². The van der Waals surface area contributed by atoms with Crippen molar-refractivity contribution < 1.29 is 14.3 Å². The maximum Gasteiger partial charge on any atom is 0.323 e. The van der Waals surface area contributed by atoms with E-state index >= 15 is 0 Å². The van der Waals surface area contributed by atoms with Crippen LogP contribution in [0.5, 0.6) is 0 Å². The number of primary amides is 1. The molecule has 1 rings (SSSR count). The Labute approximate surface area is 85.7 Å². The Morgan fingerprint density at radius 2 is 2.36 bits per heavy atom. The number of carbonyl (C=O) groups excluding carboxylic acids is 2. The SMILES string of the molecule is CCOC(=O)C(C(N)=O)c1ccsc1. The lowest BCUT2D eigenvalue weighted by Crippen LogP contribution is -2.29. The molecule has 1 heterocycles. The van der Waals surface area contributed by atoms with Gasteiger partial charge in [0.05, 0.1) is 6.61 Å². The number of esters is 1. The highest BCUT2D eigenvalue weighted by Gasteiger charge is 2.27. The number of rotatable bonds is 4. The molecule has 0 saturated carbocycles. The topological polar surface area (TPSA) is 69.4 Å². The van der Waals surface area contributed by atoms with Gasteiger partial charge in [0.15, 0.2) is 5.92 Å². The number of thiophene rings is 1. The highest BCUT2D eigenvalue weighted by atomic mass is 32.1. The second-order valence-corrected chi connectivity index (χ2v) is 3.42. The molecule has 4 nitrogen and oxygen atoms in total. The Morgan fingerprint density at radius 3 is 2.79 bits per heavy atom. The maximum atomic E-state index is 11.4. The summed E-state index contributed by atoms with van der Waals surface area (Å²) in [6.45, 7) is 1.93. The number of hydrogen-bond donors (Lipinski definition) is 1. The zero-order chi connectivity index (χ0) is 10.6. The third kappa shape index (κ3) is 2.32. The fourth-order valence-electron chi connectivity index (χ4n) is 1.08. The summed E-state index contributed by atoms with van der Waals surface area (Å²) in [5.74, 6) is -2.23. The highest BCUT2D eigenvalue weighted by molar-refractivity contribution is 7.08. The molecule has 0 spiro atoms. The van der Waals surface area contributed by atoms with Crippen LogP contribution in [0.1, 0.15) is 18.4 Å². The fraction of sp³-hybridized carbons (Fsp3) is 0.333. The minimum atomic E-state index is -0.971. The molecule has 0 aromatic carbocycles. The third-order valence-corrected chi connectivity index (χ3v) is 2.38. The van der Waals surface area contributed by atoms with Crippen LogP contribution in [0.3, 0.4) is 0 Å². The summed E-state index contributed by atoms with van der Waals surface area (Å²) in [5, 5.41) is 3.50. The zero-order valence-corrected chi connectivity index (χ0v) is 8.54. The Kier molecular flexibility index (Phi) is 3.64. The Bertz CT molecular complexity index is 321. The summed E-state index contributed by atoms with van der Waals surface area (Å²) < 4.78 is 4.75. The van der Waals surface area contributed by atoms with Crippen molar-refractivity contribution in [2.75, 3.05) is 6.61 Å². The van der Waals surface area contributed by atoms with Crippen molar-refractivity contribution in [1.82, 2.24) is 0 Å². The van der Waals surface area contributed by atoms with Gasteiger partial charge in [-0.05, 0) is 29.3 Å². The standard InChI is InChI=1S/C9H11NO3S/c1-2-13-9(12)7(8(10)11)6-3-4-14-5-6/h3-5,7H,2H2,1H3,(H2,10,11). The number of hydrogen-bond acceptors (Lipinski definition) is 4. The second kappa shape index (κ2) is 4.76. The molecule has 0 bridgehead atoms. The van der Waals surface area contributed by atoms with E-state index in [1.165, 1.54) is 11.3 Å². The van der Waals surface area contributed by atoms with Crippen LogP contribution in [0.4, 0.5) is 0 Å². The van der Waals surface area contributed by atoms with Crippen LogP contribution in [0.25, 0.3) is 0 Å². The van der Waals surface area contributed by atoms with Gasteiger partial charge in [-0.1, -0.05) is 0 Å². The molecule has 0 aliphatic rings. The summed E-state index contributed by atoms with van der Waals surface area (Å²) in [6.07, 6.45) is 0. The number of nitrogens with two attached hydrogens (primary N) is 1. The third-order valence-electron chi connectivity index (χ3n) is 1.68. The normalized spacial score (nSPS) is 12.1. The first-order valence-electron chi connectivity index (χ1n) is 4.14. The van der Waals surface area contributed by atoms with E-state index < -0.39 is 17.8 Å². The van der Waals surface area contributed by atoms with E-state index in [4.69, 9.17) is 10.5 Å². The summed E-state index contributed by atoms with van der Waals surface area (Å²) in [4.78, 5) is 22.4. The Balaban J connectivity index is 2.85. The Hall–Kier alpha value is -1.36. The molecule has 5 heteroatoms. The van der Waals surface area contributed by atoms with Crippen LogP contribution < -0.4 is 5.73 Å². The highest BCUT2D eigenvalue weighted by Crippen LogP contribution is 2.19. The van der Waals surface area contributed by atoms with E-state index in [0.717, 1.165) is 0 Å². The largest absolute Gasteiger partial charge is 0.465 e. The lowest BCUT2D eigenvalue weighted by molar-refractivity contribution is -0.147. The monoisotopic (exact) mass is 213 g/mol. The van der Waals surface area contributed by atoms with Crippen molar-refractivity contribution in [2.24, 2.45) is 5.73 Å². The zero-order valence-electron chi connectivity index (χ0n) is 7.73. The van der Waals surface area contributed by atoms with Crippen molar-refractivity contribution in [1.29, 1.82) is 0 Å².